The van der Waals surface area contributed by atoms with E-state index in [0.29, 0.717) is 0 Å². The number of esters is 1. The molecule has 3 rings (SSSR count). The van der Waals surface area contributed by atoms with Gasteiger partial charge in [0, 0.05) is 17.1 Å². The van der Waals surface area contributed by atoms with E-state index in [-0.39, 0.29) is 17.1 Å². The molecular weight excluding hydrogens is 359 g/mol. The van der Waals surface area contributed by atoms with E-state index in [1.54, 1.807) is 6.20 Å². The lowest BCUT2D eigenvalue weighted by Gasteiger charge is -2.14. The van der Waals surface area contributed by atoms with Crippen LogP contribution >= 0.6 is 11.6 Å². The molecule has 0 fully saturated rings. The van der Waals surface area contributed by atoms with Crippen LogP contribution in [-0.2, 0) is 20.7 Å². The molecule has 134 valence electrons. The maximum absolute atomic E-state index is 13.0. The Labute approximate surface area is 154 Å². The molecule has 1 aromatic heterocycles. The topological polar surface area (TPSA) is 71.2 Å². The molecule has 0 aliphatic rings. The van der Waals surface area contributed by atoms with E-state index in [4.69, 9.17) is 16.3 Å². The summed E-state index contributed by atoms with van der Waals surface area (Å²) in [6, 6.07) is 11.2. The first kappa shape index (κ1) is 17.9. The summed E-state index contributed by atoms with van der Waals surface area (Å²) >= 11 is 5.87. The summed E-state index contributed by atoms with van der Waals surface area (Å²) in [5, 5.41) is 3.51. The zero-order valence-electron chi connectivity index (χ0n) is 13.9. The number of hydrogen-bond donors (Lipinski definition) is 2. The molecular formula is C19H16ClFN2O3. The summed E-state index contributed by atoms with van der Waals surface area (Å²) in [5.41, 5.74) is 1.96. The fourth-order valence-electron chi connectivity index (χ4n) is 2.55. The molecule has 2 N–H and O–H groups in total. The second-order valence-corrected chi connectivity index (χ2v) is 6.19. The van der Waals surface area contributed by atoms with Gasteiger partial charge in [0.2, 0.25) is 0 Å². The minimum absolute atomic E-state index is 0.0406. The van der Waals surface area contributed by atoms with Crippen molar-refractivity contribution >= 4 is 40.1 Å². The van der Waals surface area contributed by atoms with Gasteiger partial charge in [0.15, 0.2) is 6.10 Å². The van der Waals surface area contributed by atoms with E-state index in [2.05, 4.69) is 10.3 Å². The zero-order chi connectivity index (χ0) is 18.7. The number of hydrogen-bond acceptors (Lipinski definition) is 3. The summed E-state index contributed by atoms with van der Waals surface area (Å²) in [7, 11) is 0. The van der Waals surface area contributed by atoms with Crippen molar-refractivity contribution in [3.05, 3.63) is 65.1 Å². The van der Waals surface area contributed by atoms with Gasteiger partial charge in [-0.1, -0.05) is 29.8 Å². The summed E-state index contributed by atoms with van der Waals surface area (Å²) in [6.07, 6.45) is 0.766. The molecule has 0 saturated heterocycles. The van der Waals surface area contributed by atoms with Gasteiger partial charge in [-0.15, -0.1) is 0 Å². The number of aromatic nitrogens is 1. The van der Waals surface area contributed by atoms with Crippen molar-refractivity contribution in [2.75, 3.05) is 5.32 Å². The Kier molecular flexibility index (Phi) is 5.23. The van der Waals surface area contributed by atoms with Crippen molar-refractivity contribution in [2.45, 2.75) is 19.4 Å². The molecule has 0 radical (unpaired) electrons. The summed E-state index contributed by atoms with van der Waals surface area (Å²) in [6.45, 7) is 1.46. The number of amides is 1. The lowest BCUT2D eigenvalue weighted by molar-refractivity contribution is -0.152. The first-order chi connectivity index (χ1) is 12.4. The number of para-hydroxylation sites is 1. The van der Waals surface area contributed by atoms with Crippen LogP contribution in [0.2, 0.25) is 5.02 Å². The Morgan fingerprint density at radius 3 is 2.81 bits per heavy atom. The SMILES string of the molecule is C[C@H](OC(=O)Cc1c[nH]c2ccccc12)C(=O)Nc1ccc(F)cc1Cl. The number of carbonyl (C=O) groups is 2. The Morgan fingerprint density at radius 2 is 2.04 bits per heavy atom. The van der Waals surface area contributed by atoms with Gasteiger partial charge in [-0.05, 0) is 36.8 Å². The maximum atomic E-state index is 13.0. The first-order valence-electron chi connectivity index (χ1n) is 7.94. The zero-order valence-corrected chi connectivity index (χ0v) is 14.6. The molecule has 0 saturated carbocycles. The number of fused-ring (bicyclic) bond motifs is 1. The highest BCUT2D eigenvalue weighted by Crippen LogP contribution is 2.23. The number of carbonyl (C=O) groups excluding carboxylic acids is 2. The fraction of sp³-hybridized carbons (Fsp3) is 0.158. The summed E-state index contributed by atoms with van der Waals surface area (Å²) < 4.78 is 18.2. The summed E-state index contributed by atoms with van der Waals surface area (Å²) in [5.74, 6) is -1.58. The second kappa shape index (κ2) is 7.58. The van der Waals surface area contributed by atoms with Crippen molar-refractivity contribution in [1.82, 2.24) is 4.98 Å². The van der Waals surface area contributed by atoms with Crippen LogP contribution in [0, 0.1) is 5.82 Å². The highest BCUT2D eigenvalue weighted by atomic mass is 35.5. The van der Waals surface area contributed by atoms with E-state index in [0.717, 1.165) is 22.5 Å². The molecule has 7 heteroatoms. The number of anilines is 1. The average Bonchev–Trinajstić information content (AvgIpc) is 3.00. The third-order valence-corrected chi connectivity index (χ3v) is 4.19. The molecule has 1 atom stereocenters. The molecule has 2 aromatic carbocycles. The minimum atomic E-state index is -1.02. The lowest BCUT2D eigenvalue weighted by Crippen LogP contribution is -2.30. The molecule has 3 aromatic rings. The van der Waals surface area contributed by atoms with E-state index in [9.17, 15) is 14.0 Å². The van der Waals surface area contributed by atoms with Crippen molar-refractivity contribution in [3.8, 4) is 0 Å². The quantitative estimate of drug-likeness (QED) is 0.661. The first-order valence-corrected chi connectivity index (χ1v) is 8.32. The highest BCUT2D eigenvalue weighted by molar-refractivity contribution is 6.33. The van der Waals surface area contributed by atoms with E-state index >= 15 is 0 Å². The van der Waals surface area contributed by atoms with Crippen molar-refractivity contribution in [1.29, 1.82) is 0 Å². The Hall–Kier alpha value is -2.86. The van der Waals surface area contributed by atoms with E-state index < -0.39 is 23.8 Å². The Bertz CT molecular complexity index is 970. The van der Waals surface area contributed by atoms with Gasteiger partial charge in [0.1, 0.15) is 5.82 Å². The van der Waals surface area contributed by atoms with Gasteiger partial charge in [-0.2, -0.15) is 0 Å². The number of H-pyrrole nitrogens is 1. The standard InChI is InChI=1S/C19H16ClFN2O3/c1-11(19(25)23-17-7-6-13(21)9-15(17)20)26-18(24)8-12-10-22-16-5-3-2-4-14(12)16/h2-7,9-11,22H,8H2,1H3,(H,23,25)/t11-/m0/s1. The number of rotatable bonds is 5. The van der Waals surface area contributed by atoms with Crippen molar-refractivity contribution in [3.63, 3.8) is 0 Å². The predicted octanol–water partition coefficient (Wildman–Crippen LogP) is 4.07. The Balaban J connectivity index is 1.60. The number of benzene rings is 2. The maximum Gasteiger partial charge on any atom is 0.311 e. The summed E-state index contributed by atoms with van der Waals surface area (Å²) in [4.78, 5) is 27.4. The number of nitrogens with one attached hydrogen (secondary N) is 2. The van der Waals surface area contributed by atoms with Gasteiger partial charge < -0.3 is 15.0 Å². The van der Waals surface area contributed by atoms with Gasteiger partial charge in [0.25, 0.3) is 5.91 Å². The smallest absolute Gasteiger partial charge is 0.311 e. The van der Waals surface area contributed by atoms with Crippen LogP contribution in [0.5, 0.6) is 0 Å². The number of ether oxygens (including phenoxy) is 1. The van der Waals surface area contributed by atoms with Crippen molar-refractivity contribution < 1.29 is 18.7 Å². The van der Waals surface area contributed by atoms with Crippen LogP contribution in [0.25, 0.3) is 10.9 Å². The normalized spacial score (nSPS) is 12.0. The Morgan fingerprint density at radius 1 is 1.27 bits per heavy atom. The van der Waals surface area contributed by atoms with Crippen LogP contribution in [0.4, 0.5) is 10.1 Å². The fourth-order valence-corrected chi connectivity index (χ4v) is 2.77. The number of aromatic amines is 1. The minimum Gasteiger partial charge on any atom is -0.452 e. The van der Waals surface area contributed by atoms with Crippen LogP contribution in [0.3, 0.4) is 0 Å². The molecule has 0 bridgehead atoms. The highest BCUT2D eigenvalue weighted by Gasteiger charge is 2.20. The van der Waals surface area contributed by atoms with Gasteiger partial charge in [-0.25, -0.2) is 4.39 Å². The molecule has 0 aliphatic carbocycles. The third kappa shape index (κ3) is 4.03. The molecule has 5 nitrogen and oxygen atoms in total. The van der Waals surface area contributed by atoms with Crippen LogP contribution in [-0.4, -0.2) is 23.0 Å². The second-order valence-electron chi connectivity index (χ2n) is 5.78. The average molecular weight is 375 g/mol. The number of halogens is 2. The van der Waals surface area contributed by atoms with Crippen LogP contribution in [0.15, 0.2) is 48.7 Å². The van der Waals surface area contributed by atoms with Crippen molar-refractivity contribution in [2.24, 2.45) is 0 Å². The molecule has 0 aliphatic heterocycles. The molecule has 1 amide bonds. The molecule has 1 heterocycles. The molecule has 26 heavy (non-hydrogen) atoms. The molecule has 0 unspecified atom stereocenters. The monoisotopic (exact) mass is 374 g/mol. The van der Waals surface area contributed by atoms with E-state index in [1.807, 2.05) is 24.3 Å². The van der Waals surface area contributed by atoms with Gasteiger partial charge >= 0.3 is 5.97 Å². The third-order valence-electron chi connectivity index (χ3n) is 3.88. The van der Waals surface area contributed by atoms with Gasteiger partial charge in [0.05, 0.1) is 17.1 Å². The van der Waals surface area contributed by atoms with Crippen LogP contribution < -0.4 is 5.32 Å². The van der Waals surface area contributed by atoms with Gasteiger partial charge in [-0.3, -0.25) is 9.59 Å². The predicted molar refractivity (Wildman–Crippen MR) is 97.6 cm³/mol. The van der Waals surface area contributed by atoms with Crippen LogP contribution in [0.1, 0.15) is 12.5 Å². The molecule has 0 spiro atoms. The van der Waals surface area contributed by atoms with E-state index in [1.165, 1.54) is 19.1 Å². The lowest BCUT2D eigenvalue weighted by atomic mass is 10.1. The largest absolute Gasteiger partial charge is 0.452 e.